The van der Waals surface area contributed by atoms with Crippen LogP contribution in [0.1, 0.15) is 17.0 Å². The number of rotatable bonds is 4. The van der Waals surface area contributed by atoms with E-state index in [1.807, 2.05) is 37.4 Å². The summed E-state index contributed by atoms with van der Waals surface area (Å²) in [5.41, 5.74) is 1.91. The van der Waals surface area contributed by atoms with Crippen LogP contribution in [0.5, 0.6) is 0 Å². The number of anilines is 1. The van der Waals surface area contributed by atoms with Gasteiger partial charge in [-0.1, -0.05) is 30.3 Å². The van der Waals surface area contributed by atoms with Crippen LogP contribution in [0.25, 0.3) is 5.82 Å². The van der Waals surface area contributed by atoms with Crippen molar-refractivity contribution in [3.05, 3.63) is 66.2 Å². The average molecular weight is 377 g/mol. The third kappa shape index (κ3) is 2.54. The van der Waals surface area contributed by atoms with E-state index in [1.54, 1.807) is 10.9 Å². The van der Waals surface area contributed by atoms with E-state index in [9.17, 15) is 10.2 Å². The first-order valence-electron chi connectivity index (χ1n) is 9.56. The maximum atomic E-state index is 11.0. The van der Waals surface area contributed by atoms with E-state index < -0.39 is 6.10 Å². The minimum absolute atomic E-state index is 0.0602. The van der Waals surface area contributed by atoms with Gasteiger partial charge in [0, 0.05) is 37.4 Å². The van der Waals surface area contributed by atoms with Crippen molar-refractivity contribution in [2.45, 2.75) is 18.9 Å². The second-order valence-electron chi connectivity index (χ2n) is 7.88. The molecule has 3 aromatic rings. The Balaban J connectivity index is 1.44. The van der Waals surface area contributed by atoms with Crippen molar-refractivity contribution in [3.8, 4) is 5.82 Å². The van der Waals surface area contributed by atoms with Crippen molar-refractivity contribution in [1.82, 2.24) is 19.7 Å². The summed E-state index contributed by atoms with van der Waals surface area (Å²) in [6.07, 6.45) is 4.72. The van der Waals surface area contributed by atoms with Gasteiger partial charge in [0.25, 0.3) is 0 Å². The van der Waals surface area contributed by atoms with Crippen LogP contribution >= 0.6 is 0 Å². The molecular formula is C21H23N5O2. The van der Waals surface area contributed by atoms with Crippen LogP contribution in [0.2, 0.25) is 0 Å². The smallest absolute Gasteiger partial charge is 0.158 e. The number of nitrogens with zero attached hydrogens (tertiary/aromatic N) is 5. The fraction of sp³-hybridized carbons (Fsp3) is 0.381. The molecule has 144 valence electrons. The summed E-state index contributed by atoms with van der Waals surface area (Å²) in [4.78, 5) is 10.8. The number of hydrogen-bond donors (Lipinski definition) is 2. The number of aliphatic hydroxyl groups is 2. The standard InChI is InChI=1S/C21H23N5O2/c1-14-8-24-26(9-14)19-7-18(22-13-23-19)25-10-17(28)21(12-25)16(11-27)20(21)15-5-3-2-4-6-15/h2-9,13,16-17,20,27-28H,10-12H2,1H3/t16-,17-,20-,21-/m1/s1. The highest BCUT2D eigenvalue weighted by Crippen LogP contribution is 2.68. The predicted octanol–water partition coefficient (Wildman–Crippen LogP) is 1.54. The normalized spacial score (nSPS) is 28.8. The summed E-state index contributed by atoms with van der Waals surface area (Å²) >= 11 is 0. The fourth-order valence-corrected chi connectivity index (χ4v) is 4.92. The molecule has 1 saturated carbocycles. The molecule has 7 heteroatoms. The highest BCUT2D eigenvalue weighted by molar-refractivity contribution is 5.49. The van der Waals surface area contributed by atoms with E-state index in [4.69, 9.17) is 0 Å². The van der Waals surface area contributed by atoms with Crippen molar-refractivity contribution >= 4 is 5.82 Å². The summed E-state index contributed by atoms with van der Waals surface area (Å²) in [5, 5.41) is 25.2. The van der Waals surface area contributed by atoms with E-state index in [2.05, 4.69) is 32.1 Å². The molecule has 3 heterocycles. The van der Waals surface area contributed by atoms with E-state index in [-0.39, 0.29) is 23.9 Å². The molecule has 1 saturated heterocycles. The fourth-order valence-electron chi connectivity index (χ4n) is 4.92. The Labute approximate surface area is 163 Å². The average Bonchev–Trinajstić information content (AvgIpc) is 2.94. The molecule has 2 N–H and O–H groups in total. The molecule has 0 bridgehead atoms. The predicted molar refractivity (Wildman–Crippen MR) is 104 cm³/mol. The third-order valence-electron chi connectivity index (χ3n) is 6.31. The summed E-state index contributed by atoms with van der Waals surface area (Å²) in [6.45, 7) is 3.21. The van der Waals surface area contributed by atoms with Crippen LogP contribution in [-0.4, -0.2) is 55.8 Å². The van der Waals surface area contributed by atoms with Crippen molar-refractivity contribution < 1.29 is 10.2 Å². The molecule has 2 aliphatic rings. The monoisotopic (exact) mass is 377 g/mol. The van der Waals surface area contributed by atoms with Crippen LogP contribution in [0.15, 0.2) is 55.1 Å². The number of benzene rings is 1. The summed E-state index contributed by atoms with van der Waals surface area (Å²) in [7, 11) is 0. The van der Waals surface area contributed by atoms with Gasteiger partial charge in [-0.25, -0.2) is 14.6 Å². The lowest BCUT2D eigenvalue weighted by Gasteiger charge is -2.18. The highest BCUT2D eigenvalue weighted by Gasteiger charge is 2.71. The number of hydrogen-bond acceptors (Lipinski definition) is 6. The van der Waals surface area contributed by atoms with Crippen molar-refractivity contribution in [1.29, 1.82) is 0 Å². The van der Waals surface area contributed by atoms with Gasteiger partial charge in [0.15, 0.2) is 5.82 Å². The molecule has 0 amide bonds. The van der Waals surface area contributed by atoms with Crippen molar-refractivity contribution in [2.75, 3.05) is 24.6 Å². The van der Waals surface area contributed by atoms with Crippen LogP contribution < -0.4 is 4.90 Å². The summed E-state index contributed by atoms with van der Waals surface area (Å²) in [5.74, 6) is 1.69. The minimum atomic E-state index is -0.514. The van der Waals surface area contributed by atoms with Crippen LogP contribution in [0, 0.1) is 18.3 Å². The van der Waals surface area contributed by atoms with Gasteiger partial charge in [-0.15, -0.1) is 0 Å². The van der Waals surface area contributed by atoms with E-state index >= 15 is 0 Å². The minimum Gasteiger partial charge on any atom is -0.396 e. The molecule has 7 nitrogen and oxygen atoms in total. The largest absolute Gasteiger partial charge is 0.396 e. The Bertz CT molecular complexity index is 991. The number of β-amino-alcohol motifs (C(OH)–C–C–N with tert-alkyl or cyclic N) is 1. The third-order valence-corrected chi connectivity index (χ3v) is 6.31. The molecule has 2 fully saturated rings. The van der Waals surface area contributed by atoms with Crippen molar-refractivity contribution in [3.63, 3.8) is 0 Å². The Kier molecular flexibility index (Phi) is 3.96. The van der Waals surface area contributed by atoms with E-state index in [0.717, 1.165) is 11.4 Å². The molecule has 1 aliphatic heterocycles. The Hall–Kier alpha value is -2.77. The first-order chi connectivity index (χ1) is 13.6. The van der Waals surface area contributed by atoms with E-state index in [1.165, 1.54) is 11.9 Å². The van der Waals surface area contributed by atoms with Gasteiger partial charge < -0.3 is 15.1 Å². The highest BCUT2D eigenvalue weighted by atomic mass is 16.3. The molecule has 4 atom stereocenters. The number of aliphatic hydroxyl groups excluding tert-OH is 2. The lowest BCUT2D eigenvalue weighted by Crippen LogP contribution is -2.23. The lowest BCUT2D eigenvalue weighted by atomic mass is 9.95. The second-order valence-corrected chi connectivity index (χ2v) is 7.88. The zero-order valence-electron chi connectivity index (χ0n) is 15.7. The molecular weight excluding hydrogens is 354 g/mol. The maximum absolute atomic E-state index is 11.0. The molecule has 1 aromatic carbocycles. The van der Waals surface area contributed by atoms with Gasteiger partial charge in [0.2, 0.25) is 0 Å². The lowest BCUT2D eigenvalue weighted by molar-refractivity contribution is 0.113. The van der Waals surface area contributed by atoms with Crippen LogP contribution in [-0.2, 0) is 0 Å². The molecule has 28 heavy (non-hydrogen) atoms. The first-order valence-corrected chi connectivity index (χ1v) is 9.56. The second kappa shape index (κ2) is 6.39. The number of aromatic nitrogens is 4. The summed E-state index contributed by atoms with van der Waals surface area (Å²) < 4.78 is 1.73. The van der Waals surface area contributed by atoms with Crippen LogP contribution in [0.4, 0.5) is 5.82 Å². The SMILES string of the molecule is Cc1cnn(-c2cc(N3C[C@@H](O)[C@@]4(C3)[C@H](CO)[C@H]4c3ccccc3)ncn2)c1. The van der Waals surface area contributed by atoms with Gasteiger partial charge in [0.1, 0.15) is 12.1 Å². The molecule has 0 unspecified atom stereocenters. The maximum Gasteiger partial charge on any atom is 0.158 e. The van der Waals surface area contributed by atoms with Gasteiger partial charge in [-0.05, 0) is 29.9 Å². The van der Waals surface area contributed by atoms with Crippen LogP contribution in [0.3, 0.4) is 0 Å². The number of aryl methyl sites for hydroxylation is 1. The van der Waals surface area contributed by atoms with Gasteiger partial charge in [-0.3, -0.25) is 0 Å². The van der Waals surface area contributed by atoms with Crippen molar-refractivity contribution in [2.24, 2.45) is 11.3 Å². The summed E-state index contributed by atoms with van der Waals surface area (Å²) in [6, 6.07) is 12.1. The topological polar surface area (TPSA) is 87.3 Å². The molecule has 1 aliphatic carbocycles. The van der Waals surface area contributed by atoms with Gasteiger partial charge >= 0.3 is 0 Å². The molecule has 0 radical (unpaired) electrons. The quantitative estimate of drug-likeness (QED) is 0.717. The Morgan fingerprint density at radius 2 is 1.96 bits per heavy atom. The molecule has 5 rings (SSSR count). The first kappa shape index (κ1) is 17.3. The molecule has 2 aromatic heterocycles. The Morgan fingerprint density at radius 3 is 2.68 bits per heavy atom. The zero-order valence-corrected chi connectivity index (χ0v) is 15.7. The molecule has 1 spiro atoms. The van der Waals surface area contributed by atoms with Gasteiger partial charge in [-0.2, -0.15) is 5.10 Å². The Morgan fingerprint density at radius 1 is 1.18 bits per heavy atom. The van der Waals surface area contributed by atoms with Gasteiger partial charge in [0.05, 0.1) is 12.3 Å². The van der Waals surface area contributed by atoms with E-state index in [0.29, 0.717) is 18.9 Å². The zero-order chi connectivity index (χ0) is 19.3.